The third kappa shape index (κ3) is 5.68. The minimum Gasteiger partial charge on any atom is -0.494 e. The van der Waals surface area contributed by atoms with E-state index >= 15 is 0 Å². The van der Waals surface area contributed by atoms with Gasteiger partial charge in [0.15, 0.2) is 0 Å². The van der Waals surface area contributed by atoms with E-state index in [1.807, 2.05) is 61.5 Å². The van der Waals surface area contributed by atoms with Crippen LogP contribution in [-0.2, 0) is 14.8 Å². The lowest BCUT2D eigenvalue weighted by Gasteiger charge is -2.12. The van der Waals surface area contributed by atoms with Crippen LogP contribution in [0.1, 0.15) is 13.3 Å². The number of carbonyl (C=O) groups excluding carboxylic acids is 1. The van der Waals surface area contributed by atoms with Crippen LogP contribution in [0.3, 0.4) is 0 Å². The molecule has 0 unspecified atom stereocenters. The van der Waals surface area contributed by atoms with E-state index in [9.17, 15) is 13.2 Å². The van der Waals surface area contributed by atoms with Crippen LogP contribution < -0.4 is 14.8 Å². The Morgan fingerprint density at radius 2 is 1.57 bits per heavy atom. The van der Waals surface area contributed by atoms with E-state index < -0.39 is 10.0 Å². The van der Waals surface area contributed by atoms with Gasteiger partial charge in [-0.15, -0.1) is 0 Å². The molecule has 0 saturated heterocycles. The average Bonchev–Trinajstić information content (AvgIpc) is 2.75. The number of hydrogen-bond acceptors (Lipinski definition) is 4. The van der Waals surface area contributed by atoms with Crippen molar-refractivity contribution in [2.75, 3.05) is 18.5 Å². The summed E-state index contributed by atoms with van der Waals surface area (Å²) in [6.07, 6.45) is 0.0133. The molecule has 0 saturated carbocycles. The molecule has 156 valence electrons. The van der Waals surface area contributed by atoms with Gasteiger partial charge in [0, 0.05) is 24.2 Å². The van der Waals surface area contributed by atoms with E-state index in [-0.39, 0.29) is 23.8 Å². The molecule has 0 fully saturated rings. The summed E-state index contributed by atoms with van der Waals surface area (Å²) in [5, 5.41) is 2.87. The van der Waals surface area contributed by atoms with Crippen LogP contribution in [0.25, 0.3) is 11.1 Å². The Kier molecular flexibility index (Phi) is 7.21. The molecular weight excluding hydrogens is 400 g/mol. The van der Waals surface area contributed by atoms with Gasteiger partial charge in [0.1, 0.15) is 5.75 Å². The monoisotopic (exact) mass is 424 g/mol. The van der Waals surface area contributed by atoms with E-state index in [1.54, 1.807) is 12.1 Å². The molecule has 3 rings (SSSR count). The SMILES string of the molecule is CCOc1ccc(S(=O)(=O)NCCC(=O)Nc2ccccc2-c2ccccc2)cc1. The molecule has 2 N–H and O–H groups in total. The fraction of sp³-hybridized carbons (Fsp3) is 0.174. The molecule has 30 heavy (non-hydrogen) atoms. The number of carbonyl (C=O) groups is 1. The first kappa shape index (κ1) is 21.5. The maximum Gasteiger partial charge on any atom is 0.240 e. The van der Waals surface area contributed by atoms with Crippen molar-refractivity contribution in [1.29, 1.82) is 0 Å². The lowest BCUT2D eigenvalue weighted by Crippen LogP contribution is -2.27. The fourth-order valence-electron chi connectivity index (χ4n) is 2.94. The highest BCUT2D eigenvalue weighted by molar-refractivity contribution is 7.89. The van der Waals surface area contributed by atoms with Crippen LogP contribution in [0.4, 0.5) is 5.69 Å². The minimum atomic E-state index is -3.70. The molecule has 0 radical (unpaired) electrons. The van der Waals surface area contributed by atoms with Gasteiger partial charge in [-0.3, -0.25) is 4.79 Å². The summed E-state index contributed by atoms with van der Waals surface area (Å²) in [4.78, 5) is 12.5. The zero-order valence-electron chi connectivity index (χ0n) is 16.7. The number of anilines is 1. The van der Waals surface area contributed by atoms with Crippen molar-refractivity contribution in [2.45, 2.75) is 18.2 Å². The molecule has 6 nitrogen and oxygen atoms in total. The molecule has 3 aromatic carbocycles. The molecule has 0 aromatic heterocycles. The van der Waals surface area contributed by atoms with Gasteiger partial charge >= 0.3 is 0 Å². The number of para-hydroxylation sites is 1. The van der Waals surface area contributed by atoms with Gasteiger partial charge in [0.25, 0.3) is 0 Å². The predicted molar refractivity (Wildman–Crippen MR) is 118 cm³/mol. The van der Waals surface area contributed by atoms with E-state index in [4.69, 9.17) is 4.74 Å². The molecule has 0 heterocycles. The van der Waals surface area contributed by atoms with Crippen molar-refractivity contribution in [3.63, 3.8) is 0 Å². The molecule has 7 heteroatoms. The Morgan fingerprint density at radius 1 is 0.900 bits per heavy atom. The van der Waals surface area contributed by atoms with Crippen molar-refractivity contribution >= 4 is 21.6 Å². The molecule has 3 aromatic rings. The molecule has 1 amide bonds. The van der Waals surface area contributed by atoms with E-state index in [1.165, 1.54) is 12.1 Å². The number of rotatable bonds is 9. The summed E-state index contributed by atoms with van der Waals surface area (Å²) in [5.41, 5.74) is 2.58. The standard InChI is InChI=1S/C23H24N2O4S/c1-2-29-19-12-14-20(15-13-19)30(27,28)24-17-16-23(26)25-22-11-7-6-10-21(22)18-8-4-3-5-9-18/h3-15,24H,2,16-17H2,1H3,(H,25,26). The van der Waals surface area contributed by atoms with E-state index in [0.717, 1.165) is 11.1 Å². The summed E-state index contributed by atoms with van der Waals surface area (Å²) < 4.78 is 32.6. The van der Waals surface area contributed by atoms with Crippen LogP contribution in [0.2, 0.25) is 0 Å². The fourth-order valence-corrected chi connectivity index (χ4v) is 3.97. The lowest BCUT2D eigenvalue weighted by atomic mass is 10.0. The van der Waals surface area contributed by atoms with Crippen LogP contribution in [-0.4, -0.2) is 27.5 Å². The molecule has 0 bridgehead atoms. The van der Waals surface area contributed by atoms with Gasteiger partial charge in [0.05, 0.1) is 11.5 Å². The van der Waals surface area contributed by atoms with Crippen molar-refractivity contribution in [2.24, 2.45) is 0 Å². The number of hydrogen-bond donors (Lipinski definition) is 2. The third-order valence-corrected chi connectivity index (χ3v) is 5.85. The quantitative estimate of drug-likeness (QED) is 0.543. The zero-order chi connectivity index (χ0) is 21.4. The molecule has 0 aliphatic rings. The second kappa shape index (κ2) is 10.0. The Labute approximate surface area is 177 Å². The summed E-state index contributed by atoms with van der Waals surface area (Å²) in [6.45, 7) is 2.36. The number of sulfonamides is 1. The van der Waals surface area contributed by atoms with E-state index in [2.05, 4.69) is 10.0 Å². The highest BCUT2D eigenvalue weighted by Crippen LogP contribution is 2.27. The number of benzene rings is 3. The van der Waals surface area contributed by atoms with E-state index in [0.29, 0.717) is 18.0 Å². The summed E-state index contributed by atoms with van der Waals surface area (Å²) in [6, 6.07) is 23.4. The van der Waals surface area contributed by atoms with Crippen molar-refractivity contribution in [1.82, 2.24) is 4.72 Å². The highest BCUT2D eigenvalue weighted by atomic mass is 32.2. The molecule has 0 spiro atoms. The predicted octanol–water partition coefficient (Wildman–Crippen LogP) is 4.06. The topological polar surface area (TPSA) is 84.5 Å². The second-order valence-electron chi connectivity index (χ2n) is 6.51. The first-order valence-corrected chi connectivity index (χ1v) is 11.1. The normalized spacial score (nSPS) is 11.1. The summed E-state index contributed by atoms with van der Waals surface area (Å²) in [5.74, 6) is 0.334. The highest BCUT2D eigenvalue weighted by Gasteiger charge is 2.15. The van der Waals surface area contributed by atoms with Crippen molar-refractivity contribution < 1.29 is 17.9 Å². The second-order valence-corrected chi connectivity index (χ2v) is 8.28. The van der Waals surface area contributed by atoms with Crippen molar-refractivity contribution in [3.05, 3.63) is 78.9 Å². The van der Waals surface area contributed by atoms with Gasteiger partial charge in [-0.1, -0.05) is 48.5 Å². The minimum absolute atomic E-state index is 0.00508. The maximum absolute atomic E-state index is 12.4. The Hall–Kier alpha value is -3.16. The summed E-state index contributed by atoms with van der Waals surface area (Å²) in [7, 11) is -3.70. The average molecular weight is 425 g/mol. The third-order valence-electron chi connectivity index (χ3n) is 4.38. The molecule has 0 atom stereocenters. The first-order chi connectivity index (χ1) is 14.5. The van der Waals surface area contributed by atoms with Crippen LogP contribution in [0.15, 0.2) is 83.8 Å². The van der Waals surface area contributed by atoms with Gasteiger partial charge in [0.2, 0.25) is 15.9 Å². The zero-order valence-corrected chi connectivity index (χ0v) is 17.5. The van der Waals surface area contributed by atoms with Crippen LogP contribution in [0, 0.1) is 0 Å². The number of ether oxygens (including phenoxy) is 1. The molecule has 0 aliphatic heterocycles. The van der Waals surface area contributed by atoms with Gasteiger partial charge in [-0.25, -0.2) is 13.1 Å². The maximum atomic E-state index is 12.4. The van der Waals surface area contributed by atoms with Crippen LogP contribution >= 0.6 is 0 Å². The largest absolute Gasteiger partial charge is 0.494 e. The molecule has 0 aliphatic carbocycles. The van der Waals surface area contributed by atoms with Crippen LogP contribution in [0.5, 0.6) is 5.75 Å². The Morgan fingerprint density at radius 3 is 2.27 bits per heavy atom. The summed E-state index contributed by atoms with van der Waals surface area (Å²) >= 11 is 0. The van der Waals surface area contributed by atoms with Crippen molar-refractivity contribution in [3.8, 4) is 16.9 Å². The Balaban J connectivity index is 1.58. The number of nitrogens with one attached hydrogen (secondary N) is 2. The lowest BCUT2D eigenvalue weighted by molar-refractivity contribution is -0.116. The van der Waals surface area contributed by atoms with Gasteiger partial charge in [-0.05, 0) is 42.8 Å². The Bertz CT molecular complexity index is 1080. The molecular formula is C23H24N2O4S. The number of amides is 1. The van der Waals surface area contributed by atoms with Gasteiger partial charge in [-0.2, -0.15) is 0 Å². The smallest absolute Gasteiger partial charge is 0.240 e. The first-order valence-electron chi connectivity index (χ1n) is 9.66. The van der Waals surface area contributed by atoms with Gasteiger partial charge < -0.3 is 10.1 Å².